The zero-order chi connectivity index (χ0) is 19.9. The van der Waals surface area contributed by atoms with Crippen molar-refractivity contribution in [1.29, 1.82) is 0 Å². The lowest BCUT2D eigenvalue weighted by molar-refractivity contribution is 0.275. The van der Waals surface area contributed by atoms with E-state index in [0.717, 1.165) is 29.7 Å². The monoisotopic (exact) mass is 470 g/mol. The fourth-order valence-corrected chi connectivity index (χ4v) is 4.04. The number of rotatable bonds is 8. The molecule has 0 aliphatic carbocycles. The summed E-state index contributed by atoms with van der Waals surface area (Å²) in [5.41, 5.74) is 1.28. The number of methoxy groups -OCH3 is 1. The second-order valence-electron chi connectivity index (χ2n) is 6.87. The summed E-state index contributed by atoms with van der Waals surface area (Å²) in [6.07, 6.45) is 2.36. The van der Waals surface area contributed by atoms with E-state index in [1.54, 1.807) is 19.2 Å². The van der Waals surface area contributed by atoms with E-state index < -0.39 is 0 Å². The molecule has 0 atom stereocenters. The maximum Gasteiger partial charge on any atom is 0.167 e. The Labute approximate surface area is 178 Å². The van der Waals surface area contributed by atoms with Crippen LogP contribution in [-0.4, -0.2) is 26.7 Å². The molecule has 4 nitrogen and oxygen atoms in total. The van der Waals surface area contributed by atoms with Crippen molar-refractivity contribution in [2.45, 2.75) is 26.0 Å². The molecule has 0 bridgehead atoms. The van der Waals surface area contributed by atoms with Crippen LogP contribution >= 0.6 is 27.5 Å². The molecule has 1 saturated heterocycles. The first-order chi connectivity index (χ1) is 13.6. The van der Waals surface area contributed by atoms with Gasteiger partial charge in [0.05, 0.1) is 12.1 Å². The molecule has 1 heterocycles. The minimum Gasteiger partial charge on any atom is -0.493 e. The van der Waals surface area contributed by atoms with Gasteiger partial charge in [-0.1, -0.05) is 33.6 Å². The van der Waals surface area contributed by atoms with Gasteiger partial charge in [0.2, 0.25) is 0 Å². The van der Waals surface area contributed by atoms with Crippen LogP contribution in [-0.2, 0) is 13.2 Å². The zero-order valence-electron chi connectivity index (χ0n) is 15.9. The van der Waals surface area contributed by atoms with Crippen molar-refractivity contribution in [3.05, 3.63) is 56.8 Å². The van der Waals surface area contributed by atoms with Gasteiger partial charge in [-0.3, -0.25) is 0 Å². The summed E-state index contributed by atoms with van der Waals surface area (Å²) in [5.74, 6) is 1.49. The lowest BCUT2D eigenvalue weighted by Crippen LogP contribution is -2.33. The first-order valence-electron chi connectivity index (χ1n) is 9.42. The third-order valence-corrected chi connectivity index (χ3v) is 6.10. The summed E-state index contributed by atoms with van der Waals surface area (Å²) in [7, 11) is 1.60. The quantitative estimate of drug-likeness (QED) is 0.574. The Morgan fingerprint density at radius 1 is 1.21 bits per heavy atom. The summed E-state index contributed by atoms with van der Waals surface area (Å²) in [5, 5.41) is 7.26. The van der Waals surface area contributed by atoms with E-state index in [1.165, 1.54) is 18.9 Å². The SMILES string of the molecule is COc1ccc(Br)c(CNCC2CCNCC2)c1OCc1c(F)cccc1Cl. The van der Waals surface area contributed by atoms with Crippen molar-refractivity contribution in [2.24, 2.45) is 5.92 Å². The first-order valence-corrected chi connectivity index (χ1v) is 10.6. The fraction of sp³-hybridized carbons (Fsp3) is 0.429. The van der Waals surface area contributed by atoms with Gasteiger partial charge >= 0.3 is 0 Å². The molecule has 7 heteroatoms. The smallest absolute Gasteiger partial charge is 0.167 e. The maximum absolute atomic E-state index is 14.1. The van der Waals surface area contributed by atoms with Gasteiger partial charge in [0.1, 0.15) is 12.4 Å². The molecule has 2 N–H and O–H groups in total. The van der Waals surface area contributed by atoms with Crippen LogP contribution in [0.5, 0.6) is 11.5 Å². The molecule has 1 aliphatic heterocycles. The van der Waals surface area contributed by atoms with Crippen molar-refractivity contribution in [3.8, 4) is 11.5 Å². The minimum atomic E-state index is -0.382. The largest absolute Gasteiger partial charge is 0.493 e. The van der Waals surface area contributed by atoms with E-state index in [-0.39, 0.29) is 12.4 Å². The average molecular weight is 472 g/mol. The van der Waals surface area contributed by atoms with Gasteiger partial charge in [-0.25, -0.2) is 4.39 Å². The van der Waals surface area contributed by atoms with E-state index in [9.17, 15) is 4.39 Å². The van der Waals surface area contributed by atoms with Gasteiger partial charge < -0.3 is 20.1 Å². The van der Waals surface area contributed by atoms with Crippen LogP contribution in [0.1, 0.15) is 24.0 Å². The summed E-state index contributed by atoms with van der Waals surface area (Å²) in [6.45, 7) is 3.76. The van der Waals surface area contributed by atoms with Gasteiger partial charge in [0.15, 0.2) is 11.5 Å². The summed E-state index contributed by atoms with van der Waals surface area (Å²) in [6, 6.07) is 8.38. The second-order valence-corrected chi connectivity index (χ2v) is 8.13. The number of hydrogen-bond acceptors (Lipinski definition) is 4. The lowest BCUT2D eigenvalue weighted by atomic mass is 9.98. The van der Waals surface area contributed by atoms with E-state index in [2.05, 4.69) is 26.6 Å². The molecule has 0 amide bonds. The van der Waals surface area contributed by atoms with Crippen molar-refractivity contribution in [1.82, 2.24) is 10.6 Å². The Morgan fingerprint density at radius 2 is 2.00 bits per heavy atom. The van der Waals surface area contributed by atoms with Crippen LogP contribution in [0.4, 0.5) is 4.39 Å². The van der Waals surface area contributed by atoms with Crippen LogP contribution < -0.4 is 20.1 Å². The van der Waals surface area contributed by atoms with Gasteiger partial charge in [0.25, 0.3) is 0 Å². The molecule has 2 aromatic rings. The first kappa shape index (κ1) is 21.4. The normalized spacial score (nSPS) is 14.9. The Morgan fingerprint density at radius 3 is 2.71 bits per heavy atom. The molecule has 1 aliphatic rings. The molecule has 0 spiro atoms. The number of nitrogens with one attached hydrogen (secondary N) is 2. The number of benzene rings is 2. The Hall–Kier alpha value is -1.34. The van der Waals surface area contributed by atoms with Crippen molar-refractivity contribution < 1.29 is 13.9 Å². The predicted molar refractivity (Wildman–Crippen MR) is 114 cm³/mol. The molecular formula is C21H25BrClFN2O2. The number of piperidine rings is 1. The third-order valence-electron chi connectivity index (χ3n) is 5.00. The Kier molecular flexibility index (Phi) is 7.97. The predicted octanol–water partition coefficient (Wildman–Crippen LogP) is 4.92. The number of ether oxygens (including phenoxy) is 2. The van der Waals surface area contributed by atoms with E-state index >= 15 is 0 Å². The number of halogens is 3. The highest BCUT2D eigenvalue weighted by molar-refractivity contribution is 9.10. The standard InChI is InChI=1S/C21H25BrClFN2O2/c1-27-20-6-5-17(22)15(12-26-11-14-7-9-25-10-8-14)21(20)28-13-16-18(23)3-2-4-19(16)24/h2-6,14,25-26H,7-13H2,1H3. The molecule has 0 saturated carbocycles. The highest BCUT2D eigenvalue weighted by atomic mass is 79.9. The summed E-state index contributed by atoms with van der Waals surface area (Å²) >= 11 is 9.74. The van der Waals surface area contributed by atoms with Crippen LogP contribution in [0.3, 0.4) is 0 Å². The van der Waals surface area contributed by atoms with Crippen molar-refractivity contribution >= 4 is 27.5 Å². The molecule has 152 valence electrons. The van der Waals surface area contributed by atoms with Crippen LogP contribution in [0.15, 0.2) is 34.8 Å². The van der Waals surface area contributed by atoms with Gasteiger partial charge in [-0.05, 0) is 62.7 Å². The average Bonchev–Trinajstić information content (AvgIpc) is 2.70. The molecular weight excluding hydrogens is 447 g/mol. The zero-order valence-corrected chi connectivity index (χ0v) is 18.2. The van der Waals surface area contributed by atoms with E-state index in [1.807, 2.05) is 12.1 Å². The van der Waals surface area contributed by atoms with Crippen molar-refractivity contribution in [2.75, 3.05) is 26.7 Å². The Bertz CT molecular complexity index is 780. The molecule has 0 radical (unpaired) electrons. The maximum atomic E-state index is 14.1. The highest BCUT2D eigenvalue weighted by Crippen LogP contribution is 2.37. The molecule has 28 heavy (non-hydrogen) atoms. The van der Waals surface area contributed by atoms with Gasteiger partial charge in [0, 0.05) is 22.1 Å². The molecule has 3 rings (SSSR count). The molecule has 2 aromatic carbocycles. The second kappa shape index (κ2) is 10.4. The topological polar surface area (TPSA) is 42.5 Å². The highest BCUT2D eigenvalue weighted by Gasteiger charge is 2.18. The van der Waals surface area contributed by atoms with Crippen molar-refractivity contribution in [3.63, 3.8) is 0 Å². The van der Waals surface area contributed by atoms with Crippen LogP contribution in [0.2, 0.25) is 5.02 Å². The van der Waals surface area contributed by atoms with Gasteiger partial charge in [-0.15, -0.1) is 0 Å². The van der Waals surface area contributed by atoms with Crippen LogP contribution in [0, 0.1) is 11.7 Å². The molecule has 1 fully saturated rings. The third kappa shape index (κ3) is 5.38. The summed E-state index contributed by atoms with van der Waals surface area (Å²) < 4.78 is 26.5. The minimum absolute atomic E-state index is 0.0274. The fourth-order valence-electron chi connectivity index (χ4n) is 3.37. The Balaban J connectivity index is 1.73. The van der Waals surface area contributed by atoms with E-state index in [4.69, 9.17) is 21.1 Å². The van der Waals surface area contributed by atoms with E-state index in [0.29, 0.717) is 34.5 Å². The van der Waals surface area contributed by atoms with Gasteiger partial charge in [-0.2, -0.15) is 0 Å². The lowest BCUT2D eigenvalue weighted by Gasteiger charge is -2.23. The summed E-state index contributed by atoms with van der Waals surface area (Å²) in [4.78, 5) is 0. The number of hydrogen-bond donors (Lipinski definition) is 2. The molecule has 0 aromatic heterocycles. The van der Waals surface area contributed by atoms with Crippen LogP contribution in [0.25, 0.3) is 0 Å². The molecule has 0 unspecified atom stereocenters.